The SMILES string of the molecule is CN(C)/N=C/c1cc(Br)ccc1O. The van der Waals surface area contributed by atoms with Gasteiger partial charge < -0.3 is 10.1 Å². The predicted molar refractivity (Wildman–Crippen MR) is 57.1 cm³/mol. The maximum atomic E-state index is 9.42. The Kier molecular flexibility index (Phi) is 3.31. The first kappa shape index (κ1) is 10.1. The van der Waals surface area contributed by atoms with E-state index in [-0.39, 0.29) is 5.75 Å². The number of phenols is 1. The summed E-state index contributed by atoms with van der Waals surface area (Å²) in [5, 5.41) is 15.1. The minimum absolute atomic E-state index is 0.230. The van der Waals surface area contributed by atoms with E-state index in [0.29, 0.717) is 5.56 Å². The summed E-state index contributed by atoms with van der Waals surface area (Å²) in [5.41, 5.74) is 0.697. The number of hydrogen-bond donors (Lipinski definition) is 1. The predicted octanol–water partition coefficient (Wildman–Crippen LogP) is 2.05. The fraction of sp³-hybridized carbons (Fsp3) is 0.222. The Morgan fingerprint density at radius 2 is 2.15 bits per heavy atom. The summed E-state index contributed by atoms with van der Waals surface area (Å²) in [5.74, 6) is 0.230. The van der Waals surface area contributed by atoms with Crippen LogP contribution in [0.15, 0.2) is 27.8 Å². The average molecular weight is 243 g/mol. The first-order chi connectivity index (χ1) is 6.09. The van der Waals surface area contributed by atoms with E-state index < -0.39 is 0 Å². The van der Waals surface area contributed by atoms with Crippen LogP contribution in [-0.4, -0.2) is 30.4 Å². The molecule has 0 saturated carbocycles. The van der Waals surface area contributed by atoms with Crippen LogP contribution in [0.2, 0.25) is 0 Å². The number of hydrogen-bond acceptors (Lipinski definition) is 3. The quantitative estimate of drug-likeness (QED) is 0.637. The molecule has 0 unspecified atom stereocenters. The molecule has 1 aromatic rings. The fourth-order valence-corrected chi connectivity index (χ4v) is 1.19. The van der Waals surface area contributed by atoms with Gasteiger partial charge in [-0.2, -0.15) is 5.10 Å². The standard InChI is InChI=1S/C9H11BrN2O/c1-12(2)11-6-7-5-8(10)3-4-9(7)13/h3-6,13H,1-2H3/b11-6+. The van der Waals surface area contributed by atoms with Crippen molar-refractivity contribution in [1.29, 1.82) is 0 Å². The number of phenolic OH excluding ortho intramolecular Hbond substituents is 1. The second kappa shape index (κ2) is 4.28. The Morgan fingerprint density at radius 1 is 1.46 bits per heavy atom. The topological polar surface area (TPSA) is 35.8 Å². The lowest BCUT2D eigenvalue weighted by molar-refractivity contribution is 0.439. The van der Waals surface area contributed by atoms with Crippen LogP contribution >= 0.6 is 15.9 Å². The Hall–Kier alpha value is -1.03. The lowest BCUT2D eigenvalue weighted by Crippen LogP contribution is -2.01. The smallest absolute Gasteiger partial charge is 0.124 e. The Balaban J connectivity index is 2.93. The molecular weight excluding hydrogens is 232 g/mol. The molecule has 0 saturated heterocycles. The molecule has 0 heterocycles. The zero-order chi connectivity index (χ0) is 9.84. The molecule has 1 aromatic carbocycles. The van der Waals surface area contributed by atoms with Gasteiger partial charge in [-0.15, -0.1) is 0 Å². The van der Waals surface area contributed by atoms with Crippen molar-refractivity contribution in [3.05, 3.63) is 28.2 Å². The van der Waals surface area contributed by atoms with Gasteiger partial charge in [-0.25, -0.2) is 0 Å². The molecule has 13 heavy (non-hydrogen) atoms. The van der Waals surface area contributed by atoms with Crippen molar-refractivity contribution in [2.75, 3.05) is 14.1 Å². The summed E-state index contributed by atoms with van der Waals surface area (Å²) < 4.78 is 0.922. The molecule has 0 fully saturated rings. The van der Waals surface area contributed by atoms with Crippen LogP contribution in [0, 0.1) is 0 Å². The van der Waals surface area contributed by atoms with E-state index in [1.54, 1.807) is 23.4 Å². The van der Waals surface area contributed by atoms with E-state index >= 15 is 0 Å². The second-order valence-electron chi connectivity index (χ2n) is 2.79. The highest BCUT2D eigenvalue weighted by molar-refractivity contribution is 9.10. The van der Waals surface area contributed by atoms with E-state index in [9.17, 15) is 5.11 Å². The lowest BCUT2D eigenvalue weighted by atomic mass is 10.2. The van der Waals surface area contributed by atoms with Gasteiger partial charge >= 0.3 is 0 Å². The van der Waals surface area contributed by atoms with Crippen LogP contribution in [0.4, 0.5) is 0 Å². The van der Waals surface area contributed by atoms with Gasteiger partial charge in [0.25, 0.3) is 0 Å². The number of nitrogens with zero attached hydrogens (tertiary/aromatic N) is 2. The van der Waals surface area contributed by atoms with Gasteiger partial charge in [0.1, 0.15) is 5.75 Å². The first-order valence-corrected chi connectivity index (χ1v) is 4.58. The van der Waals surface area contributed by atoms with Gasteiger partial charge in [-0.1, -0.05) is 15.9 Å². The normalized spacial score (nSPS) is 10.7. The van der Waals surface area contributed by atoms with Gasteiger partial charge in [0, 0.05) is 24.1 Å². The van der Waals surface area contributed by atoms with E-state index in [4.69, 9.17) is 0 Å². The van der Waals surface area contributed by atoms with Gasteiger partial charge in [-0.05, 0) is 18.2 Å². The molecule has 0 aromatic heterocycles. The van der Waals surface area contributed by atoms with Gasteiger partial charge in [0.05, 0.1) is 6.21 Å². The van der Waals surface area contributed by atoms with Crippen molar-refractivity contribution in [3.8, 4) is 5.75 Å². The minimum Gasteiger partial charge on any atom is -0.507 e. The van der Waals surface area contributed by atoms with Gasteiger partial charge in [0.2, 0.25) is 0 Å². The van der Waals surface area contributed by atoms with E-state index in [2.05, 4.69) is 21.0 Å². The molecule has 0 amide bonds. The molecule has 0 bridgehead atoms. The molecule has 0 aliphatic carbocycles. The summed E-state index contributed by atoms with van der Waals surface area (Å²) in [4.78, 5) is 0. The first-order valence-electron chi connectivity index (χ1n) is 3.79. The van der Waals surface area contributed by atoms with Crippen molar-refractivity contribution in [3.63, 3.8) is 0 Å². The highest BCUT2D eigenvalue weighted by Gasteiger charge is 1.97. The zero-order valence-corrected chi connectivity index (χ0v) is 9.12. The lowest BCUT2D eigenvalue weighted by Gasteiger charge is -2.03. The highest BCUT2D eigenvalue weighted by Crippen LogP contribution is 2.19. The maximum absolute atomic E-state index is 9.42. The van der Waals surface area contributed by atoms with Crippen molar-refractivity contribution >= 4 is 22.1 Å². The molecule has 0 atom stereocenters. The van der Waals surface area contributed by atoms with Crippen LogP contribution in [0.25, 0.3) is 0 Å². The van der Waals surface area contributed by atoms with Crippen molar-refractivity contribution in [2.24, 2.45) is 5.10 Å². The number of aromatic hydroxyl groups is 1. The second-order valence-corrected chi connectivity index (χ2v) is 3.71. The Labute approximate surface area is 85.8 Å². The summed E-state index contributed by atoms with van der Waals surface area (Å²) >= 11 is 3.32. The molecular formula is C9H11BrN2O. The fourth-order valence-electron chi connectivity index (χ4n) is 0.806. The summed E-state index contributed by atoms with van der Waals surface area (Å²) in [6.07, 6.45) is 1.61. The molecule has 0 aliphatic heterocycles. The van der Waals surface area contributed by atoms with Crippen LogP contribution in [-0.2, 0) is 0 Å². The molecule has 3 nitrogen and oxygen atoms in total. The third-order valence-corrected chi connectivity index (χ3v) is 1.91. The third-order valence-electron chi connectivity index (χ3n) is 1.42. The number of rotatable bonds is 2. The summed E-state index contributed by atoms with van der Waals surface area (Å²) in [6, 6.07) is 5.21. The van der Waals surface area contributed by atoms with E-state index in [1.165, 1.54) is 0 Å². The van der Waals surface area contributed by atoms with E-state index in [1.807, 2.05) is 20.2 Å². The van der Waals surface area contributed by atoms with Crippen molar-refractivity contribution < 1.29 is 5.11 Å². The highest BCUT2D eigenvalue weighted by atomic mass is 79.9. The average Bonchev–Trinajstić information content (AvgIpc) is 2.06. The molecule has 0 spiro atoms. The molecule has 4 heteroatoms. The number of halogens is 1. The summed E-state index contributed by atoms with van der Waals surface area (Å²) in [7, 11) is 3.65. The van der Waals surface area contributed by atoms with Crippen LogP contribution in [0.1, 0.15) is 5.56 Å². The molecule has 70 valence electrons. The monoisotopic (exact) mass is 242 g/mol. The van der Waals surface area contributed by atoms with Gasteiger partial charge in [0.15, 0.2) is 0 Å². The van der Waals surface area contributed by atoms with Gasteiger partial charge in [-0.3, -0.25) is 0 Å². The Bertz CT molecular complexity index is 323. The molecule has 1 N–H and O–H groups in total. The summed E-state index contributed by atoms with van der Waals surface area (Å²) in [6.45, 7) is 0. The molecule has 0 aliphatic rings. The molecule has 0 radical (unpaired) electrons. The Morgan fingerprint density at radius 3 is 2.77 bits per heavy atom. The van der Waals surface area contributed by atoms with Crippen molar-refractivity contribution in [1.82, 2.24) is 5.01 Å². The zero-order valence-electron chi connectivity index (χ0n) is 7.53. The largest absolute Gasteiger partial charge is 0.507 e. The van der Waals surface area contributed by atoms with Crippen LogP contribution in [0.5, 0.6) is 5.75 Å². The third kappa shape index (κ3) is 3.06. The number of benzene rings is 1. The van der Waals surface area contributed by atoms with Crippen LogP contribution in [0.3, 0.4) is 0 Å². The molecule has 1 rings (SSSR count). The minimum atomic E-state index is 0.230. The van der Waals surface area contributed by atoms with Crippen LogP contribution < -0.4 is 0 Å². The number of hydrazone groups is 1. The van der Waals surface area contributed by atoms with Crippen molar-refractivity contribution in [2.45, 2.75) is 0 Å². The maximum Gasteiger partial charge on any atom is 0.124 e. The van der Waals surface area contributed by atoms with E-state index in [0.717, 1.165) is 4.47 Å².